The number of nitrogens with one attached hydrogen (secondary N) is 1. The van der Waals surface area contributed by atoms with E-state index in [1.165, 1.54) is 4.40 Å². The van der Waals surface area contributed by atoms with Gasteiger partial charge in [0, 0.05) is 33.5 Å². The van der Waals surface area contributed by atoms with Gasteiger partial charge in [-0.15, -0.1) is 0 Å². The number of methoxy groups -OCH3 is 1. The maximum absolute atomic E-state index is 12.6. The Hall–Kier alpha value is -2.67. The van der Waals surface area contributed by atoms with Gasteiger partial charge in [0.2, 0.25) is 0 Å². The number of ether oxygens (including phenoxy) is 1. The summed E-state index contributed by atoms with van der Waals surface area (Å²) < 4.78 is 8.33. The Morgan fingerprint density at radius 1 is 1.39 bits per heavy atom. The molecule has 23 heavy (non-hydrogen) atoms. The van der Waals surface area contributed by atoms with Crippen LogP contribution in [0, 0.1) is 0 Å². The molecule has 0 fully saturated rings. The number of aromatic nitrogens is 3. The van der Waals surface area contributed by atoms with Crippen LogP contribution in [0.15, 0.2) is 35.3 Å². The second kappa shape index (κ2) is 6.21. The number of carbonyl (C=O) groups excluding carboxylic acids is 1. The van der Waals surface area contributed by atoms with Crippen LogP contribution in [0.1, 0.15) is 16.9 Å². The summed E-state index contributed by atoms with van der Waals surface area (Å²) in [5, 5.41) is 3.04. The van der Waals surface area contributed by atoms with E-state index in [1.54, 1.807) is 43.1 Å². The lowest BCUT2D eigenvalue weighted by Crippen LogP contribution is -2.22. The molecule has 0 unspecified atom stereocenters. The van der Waals surface area contributed by atoms with Crippen LogP contribution in [0.25, 0.3) is 16.7 Å². The molecule has 3 heterocycles. The van der Waals surface area contributed by atoms with Crippen LogP contribution in [0.5, 0.6) is 0 Å². The lowest BCUT2D eigenvalue weighted by molar-refractivity contribution is 0.0953. The Morgan fingerprint density at radius 2 is 2.22 bits per heavy atom. The standard InChI is InChI=1S/C16H18N4O3/c1-17-15(21)12-10-11-14(19(12)8-5-9-23-2)18-13-6-3-4-7-20(13)16(11)22/h3-4,6-7,10H,5,8-9H2,1-2H3,(H,17,21). The Labute approximate surface area is 132 Å². The third kappa shape index (κ3) is 2.59. The monoisotopic (exact) mass is 314 g/mol. The number of fused-ring (bicyclic) bond motifs is 2. The fourth-order valence-corrected chi connectivity index (χ4v) is 2.66. The van der Waals surface area contributed by atoms with Crippen LogP contribution in [0.4, 0.5) is 0 Å². The van der Waals surface area contributed by atoms with Crippen LogP contribution < -0.4 is 10.9 Å². The molecule has 0 aliphatic rings. The average Bonchev–Trinajstić information content (AvgIpc) is 2.94. The second-order valence-corrected chi connectivity index (χ2v) is 5.19. The van der Waals surface area contributed by atoms with Crippen LogP contribution in [0.2, 0.25) is 0 Å². The van der Waals surface area contributed by atoms with E-state index in [-0.39, 0.29) is 11.5 Å². The fraction of sp³-hybridized carbons (Fsp3) is 0.312. The van der Waals surface area contributed by atoms with Gasteiger partial charge in [-0.3, -0.25) is 14.0 Å². The summed E-state index contributed by atoms with van der Waals surface area (Å²) in [6.45, 7) is 1.12. The summed E-state index contributed by atoms with van der Waals surface area (Å²) in [4.78, 5) is 29.3. The molecule has 0 aromatic carbocycles. The average molecular weight is 314 g/mol. The number of hydrogen-bond donors (Lipinski definition) is 1. The van der Waals surface area contributed by atoms with Crippen molar-refractivity contribution in [1.82, 2.24) is 19.3 Å². The van der Waals surface area contributed by atoms with Gasteiger partial charge in [-0.1, -0.05) is 6.07 Å². The Morgan fingerprint density at radius 3 is 2.96 bits per heavy atom. The molecule has 0 radical (unpaired) electrons. The first-order valence-corrected chi connectivity index (χ1v) is 7.39. The van der Waals surface area contributed by atoms with E-state index >= 15 is 0 Å². The molecule has 3 aromatic heterocycles. The van der Waals surface area contributed by atoms with Crippen LogP contribution in [0.3, 0.4) is 0 Å². The summed E-state index contributed by atoms with van der Waals surface area (Å²) in [6.07, 6.45) is 2.39. The molecule has 0 saturated heterocycles. The Bertz CT molecular complexity index is 926. The lowest BCUT2D eigenvalue weighted by atomic mass is 10.3. The van der Waals surface area contributed by atoms with Gasteiger partial charge in [0.1, 0.15) is 17.0 Å². The van der Waals surface area contributed by atoms with Crippen molar-refractivity contribution < 1.29 is 9.53 Å². The summed E-state index contributed by atoms with van der Waals surface area (Å²) >= 11 is 0. The zero-order valence-electron chi connectivity index (χ0n) is 13.1. The highest BCUT2D eigenvalue weighted by atomic mass is 16.5. The predicted octanol–water partition coefficient (Wildman–Crippen LogP) is 1.05. The number of pyridine rings is 1. The van der Waals surface area contributed by atoms with Gasteiger partial charge >= 0.3 is 0 Å². The van der Waals surface area contributed by atoms with E-state index in [0.717, 1.165) is 6.42 Å². The van der Waals surface area contributed by atoms with E-state index in [1.807, 2.05) is 6.07 Å². The molecule has 0 bridgehead atoms. The first kappa shape index (κ1) is 15.2. The van der Waals surface area contributed by atoms with E-state index in [9.17, 15) is 9.59 Å². The first-order valence-electron chi connectivity index (χ1n) is 7.39. The van der Waals surface area contributed by atoms with Crippen LogP contribution >= 0.6 is 0 Å². The molecule has 1 amide bonds. The second-order valence-electron chi connectivity index (χ2n) is 5.19. The van der Waals surface area contributed by atoms with E-state index in [0.29, 0.717) is 35.5 Å². The summed E-state index contributed by atoms with van der Waals surface area (Å²) in [5.41, 5.74) is 1.33. The van der Waals surface area contributed by atoms with Gasteiger partial charge in [0.15, 0.2) is 0 Å². The number of amides is 1. The van der Waals surface area contributed by atoms with Crippen molar-refractivity contribution in [3.05, 3.63) is 46.5 Å². The molecule has 0 aliphatic carbocycles. The molecule has 120 valence electrons. The molecular formula is C16H18N4O3. The molecule has 7 heteroatoms. The minimum atomic E-state index is -0.242. The van der Waals surface area contributed by atoms with Crippen molar-refractivity contribution in [2.45, 2.75) is 13.0 Å². The molecular weight excluding hydrogens is 296 g/mol. The maximum atomic E-state index is 12.6. The SMILES string of the molecule is CNC(=O)c1cc2c(=O)n3ccccc3nc2n1CCCOC. The Kier molecular flexibility index (Phi) is 4.12. The normalized spacial score (nSPS) is 11.2. The number of aryl methyl sites for hydroxylation is 1. The topological polar surface area (TPSA) is 77.6 Å². The molecule has 0 atom stereocenters. The highest BCUT2D eigenvalue weighted by molar-refractivity contribution is 5.97. The van der Waals surface area contributed by atoms with Crippen molar-refractivity contribution >= 4 is 22.6 Å². The van der Waals surface area contributed by atoms with Gasteiger partial charge < -0.3 is 14.6 Å². The number of nitrogens with zero attached hydrogens (tertiary/aromatic N) is 3. The van der Waals surface area contributed by atoms with Crippen molar-refractivity contribution in [2.75, 3.05) is 20.8 Å². The quantitative estimate of drug-likeness (QED) is 0.714. The molecule has 7 nitrogen and oxygen atoms in total. The summed E-state index contributed by atoms with van der Waals surface area (Å²) in [5.74, 6) is -0.242. The van der Waals surface area contributed by atoms with Crippen molar-refractivity contribution in [1.29, 1.82) is 0 Å². The van der Waals surface area contributed by atoms with Crippen LogP contribution in [-0.4, -0.2) is 40.6 Å². The number of hydrogen-bond acceptors (Lipinski definition) is 4. The third-order valence-electron chi connectivity index (χ3n) is 3.77. The highest BCUT2D eigenvalue weighted by Gasteiger charge is 2.18. The van der Waals surface area contributed by atoms with Crippen molar-refractivity contribution in [2.24, 2.45) is 0 Å². The molecule has 0 aliphatic heterocycles. The zero-order chi connectivity index (χ0) is 16.4. The van der Waals surface area contributed by atoms with Gasteiger partial charge in [-0.05, 0) is 24.6 Å². The third-order valence-corrected chi connectivity index (χ3v) is 3.77. The van der Waals surface area contributed by atoms with E-state index in [4.69, 9.17) is 4.74 Å². The van der Waals surface area contributed by atoms with Crippen molar-refractivity contribution in [3.63, 3.8) is 0 Å². The predicted molar refractivity (Wildman–Crippen MR) is 86.8 cm³/mol. The first-order chi connectivity index (χ1) is 11.2. The fourth-order valence-electron chi connectivity index (χ4n) is 2.66. The summed E-state index contributed by atoms with van der Waals surface area (Å²) in [7, 11) is 3.20. The van der Waals surface area contributed by atoms with Gasteiger partial charge in [-0.2, -0.15) is 0 Å². The van der Waals surface area contributed by atoms with Crippen LogP contribution in [-0.2, 0) is 11.3 Å². The summed E-state index contributed by atoms with van der Waals surface area (Å²) in [6, 6.07) is 6.98. The number of carbonyl (C=O) groups is 1. The smallest absolute Gasteiger partial charge is 0.267 e. The number of rotatable bonds is 5. The molecule has 3 rings (SSSR count). The van der Waals surface area contributed by atoms with Gasteiger partial charge in [0.25, 0.3) is 11.5 Å². The largest absolute Gasteiger partial charge is 0.385 e. The highest BCUT2D eigenvalue weighted by Crippen LogP contribution is 2.17. The maximum Gasteiger partial charge on any atom is 0.267 e. The zero-order valence-corrected chi connectivity index (χ0v) is 13.1. The van der Waals surface area contributed by atoms with Crippen molar-refractivity contribution in [3.8, 4) is 0 Å². The van der Waals surface area contributed by atoms with Gasteiger partial charge in [-0.25, -0.2) is 4.98 Å². The van der Waals surface area contributed by atoms with E-state index < -0.39 is 0 Å². The van der Waals surface area contributed by atoms with Gasteiger partial charge in [0.05, 0.1) is 5.39 Å². The molecule has 3 aromatic rings. The minimum absolute atomic E-state index is 0.179. The Balaban J connectivity index is 2.27. The molecule has 0 saturated carbocycles. The van der Waals surface area contributed by atoms with E-state index in [2.05, 4.69) is 10.3 Å². The minimum Gasteiger partial charge on any atom is -0.385 e. The molecule has 0 spiro atoms. The molecule has 1 N–H and O–H groups in total. The lowest BCUT2D eigenvalue weighted by Gasteiger charge is -2.09.